The molecule has 0 N–H and O–H groups in total. The van der Waals surface area contributed by atoms with Crippen molar-refractivity contribution in [3.05, 3.63) is 325 Å². The molecule has 450 valence electrons. The summed E-state index contributed by atoms with van der Waals surface area (Å²) < 4.78 is 13.3. The quantitative estimate of drug-likeness (QED) is 0.149. The molecule has 0 spiro atoms. The molecular weight excluding hydrogens is 1200 g/mol. The van der Waals surface area contributed by atoms with Crippen molar-refractivity contribution in [2.45, 2.75) is 0 Å². The van der Waals surface area contributed by atoms with Crippen LogP contribution in [0.1, 0.15) is 11.1 Å². The molecule has 0 radical (unpaired) electrons. The lowest BCUT2D eigenvalue weighted by Crippen LogP contribution is -2.16. The number of aromatic nitrogens is 6. The summed E-state index contributed by atoms with van der Waals surface area (Å²) in [6, 6.07) is 106. The standard InChI is InChI=1S/C88H48N10/c1-91-81-80(82(92-2)86(96-73-45-21-9-33-59(73)60-34-10-22-46-74(60)96)88(98-77-49-25-13-37-63(77)64-38-14-26-50-78(64)98)85(81)95-71-43-19-7-31-57(71)58-32-8-20-44-72(58)95)79-65(51-89)83(93-67-39-15-3-27-53(67)54-28-4-16-40-68(54)93)87(97-75-47-23-11-35-61(75)62-36-12-24-48-76(62)97)84(66(79)52-90)94-69-41-17-5-29-55(69)56-30-6-18-42-70(56)94/h3-50H. The highest BCUT2D eigenvalue weighted by molar-refractivity contribution is 6.21. The minimum Gasteiger partial charge on any atom is -0.317 e. The first-order chi connectivity index (χ1) is 48.6. The molecule has 20 aromatic rings. The van der Waals surface area contributed by atoms with Crippen LogP contribution in [0.4, 0.5) is 11.4 Å². The van der Waals surface area contributed by atoms with Gasteiger partial charge in [-0.15, -0.1) is 0 Å². The highest BCUT2D eigenvalue weighted by Crippen LogP contribution is 2.59. The molecule has 10 heteroatoms. The van der Waals surface area contributed by atoms with E-state index in [1.165, 1.54) is 0 Å². The fraction of sp³-hybridized carbons (Fsp3) is 0. The molecule has 0 saturated heterocycles. The van der Waals surface area contributed by atoms with Crippen molar-refractivity contribution in [3.8, 4) is 57.4 Å². The van der Waals surface area contributed by atoms with E-state index in [-0.39, 0.29) is 33.6 Å². The predicted octanol–water partition coefficient (Wildman–Crippen LogP) is 22.8. The lowest BCUT2D eigenvalue weighted by atomic mass is 9.87. The summed E-state index contributed by atoms with van der Waals surface area (Å²) in [6.07, 6.45) is 0. The van der Waals surface area contributed by atoms with Gasteiger partial charge in [-0.2, -0.15) is 10.5 Å². The van der Waals surface area contributed by atoms with E-state index < -0.39 is 0 Å². The Morgan fingerprint density at radius 3 is 0.531 bits per heavy atom. The van der Waals surface area contributed by atoms with Crippen LogP contribution >= 0.6 is 0 Å². The molecule has 0 aliphatic heterocycles. The third kappa shape index (κ3) is 7.13. The van der Waals surface area contributed by atoms with Crippen molar-refractivity contribution < 1.29 is 0 Å². The predicted molar refractivity (Wildman–Crippen MR) is 400 cm³/mol. The van der Waals surface area contributed by atoms with Gasteiger partial charge in [0.1, 0.15) is 12.1 Å². The van der Waals surface area contributed by atoms with Gasteiger partial charge in [0.25, 0.3) is 0 Å². The van der Waals surface area contributed by atoms with Gasteiger partial charge < -0.3 is 27.4 Å². The average Bonchev–Trinajstić information content (AvgIpc) is 1.36. The van der Waals surface area contributed by atoms with E-state index in [4.69, 9.17) is 9.69 Å². The Morgan fingerprint density at radius 1 is 0.204 bits per heavy atom. The molecule has 6 aromatic heterocycles. The van der Waals surface area contributed by atoms with Crippen LogP contribution in [-0.2, 0) is 0 Å². The van der Waals surface area contributed by atoms with Crippen molar-refractivity contribution in [1.82, 2.24) is 27.4 Å². The number of fused-ring (bicyclic) bond motifs is 18. The molecule has 0 aliphatic rings. The third-order valence-corrected chi connectivity index (χ3v) is 20.3. The van der Waals surface area contributed by atoms with Gasteiger partial charge in [-0.25, -0.2) is 9.69 Å². The summed E-state index contributed by atoms with van der Waals surface area (Å²) in [5, 5.41) is 38.2. The van der Waals surface area contributed by atoms with Crippen LogP contribution in [0, 0.1) is 35.8 Å². The van der Waals surface area contributed by atoms with Gasteiger partial charge in [-0.1, -0.05) is 218 Å². The molecule has 0 bridgehead atoms. The topological polar surface area (TPSA) is 85.9 Å². The Balaban J connectivity index is 1.13. The minimum absolute atomic E-state index is 0.0721. The smallest absolute Gasteiger partial charge is 0.210 e. The zero-order valence-corrected chi connectivity index (χ0v) is 52.2. The molecule has 20 rings (SSSR count). The van der Waals surface area contributed by atoms with Crippen molar-refractivity contribution in [1.29, 1.82) is 10.5 Å². The Morgan fingerprint density at radius 2 is 0.357 bits per heavy atom. The van der Waals surface area contributed by atoms with Gasteiger partial charge in [0.2, 0.25) is 11.4 Å². The lowest BCUT2D eigenvalue weighted by Gasteiger charge is -2.30. The number of para-hydroxylation sites is 12. The molecule has 0 aliphatic carbocycles. The summed E-state index contributed by atoms with van der Waals surface area (Å²) in [4.78, 5) is 9.84. The molecule has 10 nitrogen and oxygen atoms in total. The van der Waals surface area contributed by atoms with Gasteiger partial charge in [-0.3, -0.25) is 0 Å². The van der Waals surface area contributed by atoms with E-state index >= 15 is 0 Å². The number of hydrogen-bond donors (Lipinski definition) is 0. The maximum atomic E-state index is 13.3. The molecule has 0 atom stereocenters. The molecule has 0 saturated carbocycles. The maximum Gasteiger partial charge on any atom is 0.210 e. The van der Waals surface area contributed by atoms with Crippen LogP contribution in [0.5, 0.6) is 0 Å². The molecule has 6 heterocycles. The van der Waals surface area contributed by atoms with Gasteiger partial charge >= 0.3 is 0 Å². The second kappa shape index (κ2) is 20.7. The summed E-state index contributed by atoms with van der Waals surface area (Å²) in [7, 11) is 0. The number of benzene rings is 14. The van der Waals surface area contributed by atoms with E-state index in [0.29, 0.717) is 34.1 Å². The maximum absolute atomic E-state index is 13.3. The molecular formula is C88H48N10. The summed E-state index contributed by atoms with van der Waals surface area (Å²) in [6.45, 7) is 20.7. The monoisotopic (exact) mass is 1240 g/mol. The molecule has 0 amide bonds. The van der Waals surface area contributed by atoms with Crippen LogP contribution in [0.15, 0.2) is 291 Å². The van der Waals surface area contributed by atoms with Crippen molar-refractivity contribution in [2.75, 3.05) is 0 Å². The Kier molecular flexibility index (Phi) is 11.5. The largest absolute Gasteiger partial charge is 0.317 e. The summed E-state index contributed by atoms with van der Waals surface area (Å²) >= 11 is 0. The zero-order chi connectivity index (χ0) is 65.0. The average molecular weight is 1250 g/mol. The molecule has 0 fully saturated rings. The lowest BCUT2D eigenvalue weighted by molar-refractivity contribution is 1.04. The molecule has 14 aromatic carbocycles. The van der Waals surface area contributed by atoms with Crippen LogP contribution in [0.3, 0.4) is 0 Å². The van der Waals surface area contributed by atoms with Crippen LogP contribution < -0.4 is 0 Å². The van der Waals surface area contributed by atoms with Gasteiger partial charge in [0, 0.05) is 70.2 Å². The van der Waals surface area contributed by atoms with Crippen LogP contribution in [-0.4, -0.2) is 27.4 Å². The second-order valence-corrected chi connectivity index (χ2v) is 25.0. The van der Waals surface area contributed by atoms with Crippen molar-refractivity contribution in [3.63, 3.8) is 0 Å². The molecule has 98 heavy (non-hydrogen) atoms. The van der Waals surface area contributed by atoms with E-state index in [9.17, 15) is 23.7 Å². The Bertz CT molecular complexity index is 6070. The fourth-order valence-electron chi connectivity index (χ4n) is 16.6. The van der Waals surface area contributed by atoms with E-state index in [2.05, 4.69) is 209 Å². The Hall–Kier alpha value is -14.2. The Labute approximate surface area is 559 Å². The number of hydrogen-bond acceptors (Lipinski definition) is 2. The van der Waals surface area contributed by atoms with E-state index in [1.54, 1.807) is 0 Å². The van der Waals surface area contributed by atoms with Gasteiger partial charge in [-0.05, 0) is 78.4 Å². The van der Waals surface area contributed by atoms with E-state index in [1.807, 2.05) is 121 Å². The summed E-state index contributed by atoms with van der Waals surface area (Å²) in [5.74, 6) is 0. The second-order valence-electron chi connectivity index (χ2n) is 25.0. The van der Waals surface area contributed by atoms with Gasteiger partial charge in [0.15, 0.2) is 0 Å². The first-order valence-electron chi connectivity index (χ1n) is 32.5. The zero-order valence-electron chi connectivity index (χ0n) is 52.2. The normalized spacial score (nSPS) is 11.8. The van der Waals surface area contributed by atoms with Crippen LogP contribution in [0.2, 0.25) is 0 Å². The fourth-order valence-corrected chi connectivity index (χ4v) is 16.6. The highest BCUT2D eigenvalue weighted by atomic mass is 15.1. The van der Waals surface area contributed by atoms with Gasteiger partial charge in [0.05, 0.1) is 125 Å². The SMILES string of the molecule is [C-]#[N+]c1c(-c2c(C#N)c(-n3c4ccccc4c4ccccc43)c(-n3c4ccccc4c4ccccc43)c(-n3c4ccccc4c4ccccc43)c2C#N)c([N+]#[C-])c(-n2c3ccccc3c3ccccc32)c(-n2c3ccccc3c3ccccc32)c1-n1c2ccccc2c2ccccc21. The number of nitriles is 2. The minimum atomic E-state index is 0.0721. The first kappa shape index (κ1) is 54.4. The van der Waals surface area contributed by atoms with Crippen molar-refractivity contribution >= 4 is 142 Å². The van der Waals surface area contributed by atoms with Crippen molar-refractivity contribution in [2.24, 2.45) is 0 Å². The first-order valence-corrected chi connectivity index (χ1v) is 32.5. The van der Waals surface area contributed by atoms with E-state index in [0.717, 1.165) is 131 Å². The highest BCUT2D eigenvalue weighted by Gasteiger charge is 2.39. The number of rotatable bonds is 7. The molecule has 0 unspecified atom stereocenters. The summed E-state index contributed by atoms with van der Waals surface area (Å²) in [5.41, 5.74) is 13.5. The van der Waals surface area contributed by atoms with Crippen LogP contribution in [0.25, 0.3) is 186 Å². The number of nitrogens with zero attached hydrogens (tertiary/aromatic N) is 10. The third-order valence-electron chi connectivity index (χ3n) is 20.3.